The van der Waals surface area contributed by atoms with Crippen LogP contribution in [0.25, 0.3) is 0 Å². The van der Waals surface area contributed by atoms with Gasteiger partial charge in [-0.15, -0.1) is 0 Å². The lowest BCUT2D eigenvalue weighted by Gasteiger charge is -2.32. The van der Waals surface area contributed by atoms with Gasteiger partial charge < -0.3 is 15.0 Å². The average molecular weight is 599 g/mol. The average Bonchev–Trinajstić information content (AvgIpc) is 3.40. The number of ether oxygens (including phenoxy) is 1. The lowest BCUT2D eigenvalue weighted by Crippen LogP contribution is -2.51. The van der Waals surface area contributed by atoms with E-state index in [0.717, 1.165) is 31.9 Å². The van der Waals surface area contributed by atoms with Gasteiger partial charge in [0.2, 0.25) is 21.8 Å². The number of rotatable bonds is 13. The van der Waals surface area contributed by atoms with Gasteiger partial charge in [0.15, 0.2) is 0 Å². The van der Waals surface area contributed by atoms with Crippen molar-refractivity contribution < 1.29 is 22.7 Å². The van der Waals surface area contributed by atoms with E-state index in [1.54, 1.807) is 42.5 Å². The Balaban J connectivity index is 1.82. The second-order valence-electron chi connectivity index (χ2n) is 9.75. The van der Waals surface area contributed by atoms with Crippen molar-refractivity contribution in [3.05, 3.63) is 58.1 Å². The maximum atomic E-state index is 13.7. The van der Waals surface area contributed by atoms with Gasteiger partial charge in [0, 0.05) is 41.2 Å². The fourth-order valence-corrected chi connectivity index (χ4v) is 6.44. The van der Waals surface area contributed by atoms with Gasteiger partial charge >= 0.3 is 0 Å². The van der Waals surface area contributed by atoms with Crippen LogP contribution in [0, 0.1) is 0 Å². The van der Waals surface area contributed by atoms with Crippen LogP contribution in [0.4, 0.5) is 5.69 Å². The zero-order valence-electron chi connectivity index (χ0n) is 22.7. The molecule has 1 N–H and O–H groups in total. The van der Waals surface area contributed by atoms with E-state index in [4.69, 9.17) is 27.9 Å². The molecule has 2 aromatic rings. The highest BCUT2D eigenvalue weighted by molar-refractivity contribution is 7.92. The van der Waals surface area contributed by atoms with Crippen molar-refractivity contribution in [1.29, 1.82) is 0 Å². The zero-order valence-corrected chi connectivity index (χ0v) is 25.0. The minimum Gasteiger partial charge on any atom is -0.495 e. The van der Waals surface area contributed by atoms with E-state index >= 15 is 0 Å². The Bertz CT molecular complexity index is 1230. The smallest absolute Gasteiger partial charge is 0.243 e. The van der Waals surface area contributed by atoms with Crippen molar-refractivity contribution in [2.45, 2.75) is 70.5 Å². The maximum absolute atomic E-state index is 13.7. The first-order chi connectivity index (χ1) is 18.6. The number of hydrogen-bond acceptors (Lipinski definition) is 5. The molecular formula is C28H37Cl2N3O5S. The van der Waals surface area contributed by atoms with Crippen LogP contribution in [0.3, 0.4) is 0 Å². The molecule has 2 amide bonds. The number of carbonyl (C=O) groups is 2. The van der Waals surface area contributed by atoms with Crippen LogP contribution in [0.1, 0.15) is 57.4 Å². The first-order valence-corrected chi connectivity index (χ1v) is 15.8. The van der Waals surface area contributed by atoms with Crippen LogP contribution in [0.15, 0.2) is 42.5 Å². The van der Waals surface area contributed by atoms with E-state index in [-0.39, 0.29) is 43.8 Å². The van der Waals surface area contributed by atoms with Gasteiger partial charge in [-0.2, -0.15) is 0 Å². The molecular weight excluding hydrogens is 561 g/mol. The molecule has 0 saturated heterocycles. The fourth-order valence-electron chi connectivity index (χ4n) is 4.96. The summed E-state index contributed by atoms with van der Waals surface area (Å²) in [5, 5.41) is 3.92. The molecule has 0 unspecified atom stereocenters. The fraction of sp³-hybridized carbons (Fsp3) is 0.500. The van der Waals surface area contributed by atoms with E-state index < -0.39 is 16.1 Å². The van der Waals surface area contributed by atoms with Gasteiger partial charge in [-0.3, -0.25) is 13.9 Å². The van der Waals surface area contributed by atoms with Crippen molar-refractivity contribution in [3.63, 3.8) is 0 Å². The summed E-state index contributed by atoms with van der Waals surface area (Å²) in [6, 6.07) is 11.3. The summed E-state index contributed by atoms with van der Waals surface area (Å²) in [6.45, 7) is 1.99. The van der Waals surface area contributed by atoms with Crippen LogP contribution in [-0.2, 0) is 26.2 Å². The van der Waals surface area contributed by atoms with Crippen LogP contribution < -0.4 is 14.4 Å². The lowest BCUT2D eigenvalue weighted by atomic mass is 10.1. The number of sulfonamides is 1. The molecule has 11 heteroatoms. The summed E-state index contributed by atoms with van der Waals surface area (Å²) < 4.78 is 31.8. The SMILES string of the molecule is CC[C@@H](C(=O)NC1CCCC1)N(Cc1c(Cl)cccc1Cl)C(=O)CCCN(c1ccccc1OC)S(C)(=O)=O. The topological polar surface area (TPSA) is 96.0 Å². The van der Waals surface area contributed by atoms with Gasteiger partial charge in [0.05, 0.1) is 19.1 Å². The minimum atomic E-state index is -3.65. The van der Waals surface area contributed by atoms with Crippen molar-refractivity contribution in [3.8, 4) is 5.75 Å². The number of carbonyl (C=O) groups excluding carboxylic acids is 2. The highest BCUT2D eigenvalue weighted by Gasteiger charge is 2.31. The molecule has 0 aliphatic heterocycles. The van der Waals surface area contributed by atoms with Gasteiger partial charge in [0.25, 0.3) is 0 Å². The van der Waals surface area contributed by atoms with Gasteiger partial charge in [-0.25, -0.2) is 8.42 Å². The molecule has 1 aliphatic carbocycles. The Morgan fingerprint density at radius 3 is 2.31 bits per heavy atom. The molecule has 2 aromatic carbocycles. The molecule has 3 rings (SSSR count). The third-order valence-corrected chi connectivity index (χ3v) is 8.87. The predicted octanol–water partition coefficient (Wildman–Crippen LogP) is 5.41. The molecule has 1 fully saturated rings. The molecule has 0 spiro atoms. The predicted molar refractivity (Wildman–Crippen MR) is 156 cm³/mol. The molecule has 1 aliphatic rings. The standard InChI is InChI=1S/C28H37Cl2N3O5S/c1-4-24(28(35)31-20-11-5-6-12-20)32(19-21-22(29)13-9-14-23(21)30)27(34)17-10-18-33(39(3,36)37)25-15-7-8-16-26(25)38-2/h7-9,13-16,20,24H,4-6,10-12,17-19H2,1-3H3,(H,31,35)/t24-/m0/s1. The largest absolute Gasteiger partial charge is 0.495 e. The number of nitrogens with one attached hydrogen (secondary N) is 1. The summed E-state index contributed by atoms with van der Waals surface area (Å²) >= 11 is 12.9. The summed E-state index contributed by atoms with van der Waals surface area (Å²) in [4.78, 5) is 28.5. The first-order valence-electron chi connectivity index (χ1n) is 13.2. The highest BCUT2D eigenvalue weighted by Crippen LogP contribution is 2.31. The third-order valence-electron chi connectivity index (χ3n) is 6.98. The monoisotopic (exact) mass is 597 g/mol. The second kappa shape index (κ2) is 14.2. The van der Waals surface area contributed by atoms with E-state index in [0.29, 0.717) is 33.5 Å². The molecule has 0 heterocycles. The van der Waals surface area contributed by atoms with Crippen LogP contribution >= 0.6 is 23.2 Å². The van der Waals surface area contributed by atoms with Crippen molar-refractivity contribution in [1.82, 2.24) is 10.2 Å². The van der Waals surface area contributed by atoms with E-state index in [2.05, 4.69) is 5.32 Å². The number of hydrogen-bond donors (Lipinski definition) is 1. The Kier molecular flexibility index (Phi) is 11.3. The normalized spacial score (nSPS) is 14.6. The van der Waals surface area contributed by atoms with Crippen molar-refractivity contribution >= 4 is 50.7 Å². The van der Waals surface area contributed by atoms with Gasteiger partial charge in [0.1, 0.15) is 11.8 Å². The molecule has 0 aromatic heterocycles. The number of anilines is 1. The Morgan fingerprint density at radius 2 is 1.72 bits per heavy atom. The molecule has 0 bridgehead atoms. The minimum absolute atomic E-state index is 0.0243. The van der Waals surface area contributed by atoms with Gasteiger partial charge in [-0.05, 0) is 49.9 Å². The van der Waals surface area contributed by atoms with Gasteiger partial charge in [-0.1, -0.05) is 61.2 Å². The highest BCUT2D eigenvalue weighted by atomic mass is 35.5. The van der Waals surface area contributed by atoms with Crippen molar-refractivity contribution in [2.24, 2.45) is 0 Å². The number of benzene rings is 2. The quantitative estimate of drug-likeness (QED) is 0.333. The number of amides is 2. The number of halogens is 2. The molecule has 1 atom stereocenters. The molecule has 1 saturated carbocycles. The summed E-state index contributed by atoms with van der Waals surface area (Å²) in [7, 11) is -2.17. The third kappa shape index (κ3) is 8.25. The van der Waals surface area contributed by atoms with E-state index in [1.165, 1.54) is 16.3 Å². The molecule has 0 radical (unpaired) electrons. The first kappa shape index (κ1) is 31.0. The zero-order chi connectivity index (χ0) is 28.6. The number of para-hydroxylation sites is 2. The van der Waals surface area contributed by atoms with Crippen LogP contribution in [0.5, 0.6) is 5.75 Å². The Labute approximate surface area is 241 Å². The molecule has 39 heavy (non-hydrogen) atoms. The lowest BCUT2D eigenvalue weighted by molar-refractivity contribution is -0.141. The summed E-state index contributed by atoms with van der Waals surface area (Å²) in [5.74, 6) is -0.0699. The Hall–Kier alpha value is -2.49. The molecule has 214 valence electrons. The summed E-state index contributed by atoms with van der Waals surface area (Å²) in [5.41, 5.74) is 0.963. The Morgan fingerprint density at radius 1 is 1.08 bits per heavy atom. The van der Waals surface area contributed by atoms with Crippen LogP contribution in [-0.4, -0.2) is 57.1 Å². The van der Waals surface area contributed by atoms with E-state index in [1.807, 2.05) is 6.92 Å². The number of methoxy groups -OCH3 is 1. The van der Waals surface area contributed by atoms with E-state index in [9.17, 15) is 18.0 Å². The van der Waals surface area contributed by atoms with Crippen molar-refractivity contribution in [2.75, 3.05) is 24.2 Å². The maximum Gasteiger partial charge on any atom is 0.243 e. The second-order valence-corrected chi connectivity index (χ2v) is 12.5. The molecule has 8 nitrogen and oxygen atoms in total. The van der Waals surface area contributed by atoms with Crippen LogP contribution in [0.2, 0.25) is 10.0 Å². The summed E-state index contributed by atoms with van der Waals surface area (Å²) in [6.07, 6.45) is 5.78. The number of nitrogens with zero attached hydrogens (tertiary/aromatic N) is 2.